The zero-order chi connectivity index (χ0) is 40.5. The number of para-hydroxylation sites is 1. The summed E-state index contributed by atoms with van der Waals surface area (Å²) in [6.45, 7) is 7.63. The number of carbonyl (C=O) groups excluding carboxylic acids is 3. The Labute approximate surface area is 340 Å². The van der Waals surface area contributed by atoms with Gasteiger partial charge in [-0.05, 0) is 85.7 Å². The van der Waals surface area contributed by atoms with E-state index in [0.29, 0.717) is 65.8 Å². The number of Topliss-reactive ketones (excluding diaryl/α,β-unsaturated/α-hetero) is 1. The Balaban J connectivity index is 0.839. The van der Waals surface area contributed by atoms with Crippen LogP contribution in [0.25, 0.3) is 0 Å². The van der Waals surface area contributed by atoms with E-state index in [2.05, 4.69) is 17.0 Å². The maximum Gasteiger partial charge on any atom is 0.261 e. The molecule has 0 radical (unpaired) electrons. The third kappa shape index (κ3) is 7.57. The Morgan fingerprint density at radius 2 is 1.38 bits per heavy atom. The van der Waals surface area contributed by atoms with Crippen molar-refractivity contribution in [3.05, 3.63) is 94.5 Å². The summed E-state index contributed by atoms with van der Waals surface area (Å²) in [5.41, 5.74) is 8.33. The smallest absolute Gasteiger partial charge is 0.261 e. The van der Waals surface area contributed by atoms with E-state index < -0.39 is 0 Å². The molecule has 0 spiro atoms. The molecule has 0 saturated heterocycles. The molecule has 4 aliphatic rings. The second-order valence-electron chi connectivity index (χ2n) is 16.0. The number of fused-ring (bicyclic) bond motifs is 8. The quantitative estimate of drug-likeness (QED) is 0.111. The molecule has 2 amide bonds. The van der Waals surface area contributed by atoms with Crippen LogP contribution in [0.3, 0.4) is 0 Å². The number of unbranched alkanes of at least 4 members (excludes halogenated alkanes) is 2. The first-order valence-electron chi connectivity index (χ1n) is 20.4. The van der Waals surface area contributed by atoms with E-state index >= 15 is 0 Å². The van der Waals surface area contributed by atoms with Crippen molar-refractivity contribution in [1.82, 2.24) is 0 Å². The third-order valence-electron chi connectivity index (χ3n) is 11.6. The van der Waals surface area contributed by atoms with Crippen LogP contribution in [0.1, 0.15) is 83.4 Å². The number of benzene rings is 4. The van der Waals surface area contributed by atoms with E-state index in [1.165, 1.54) is 0 Å². The number of anilines is 3. The van der Waals surface area contributed by atoms with Gasteiger partial charge in [0.1, 0.15) is 11.5 Å². The van der Waals surface area contributed by atoms with Crippen LogP contribution in [0.5, 0.6) is 17.2 Å². The Morgan fingerprint density at radius 1 is 0.759 bits per heavy atom. The fraction of sp³-hybridized carbons (Fsp3) is 0.383. The van der Waals surface area contributed by atoms with Crippen LogP contribution in [0.2, 0.25) is 0 Å². The minimum Gasteiger partial charge on any atom is -0.493 e. The number of aryl methyl sites for hydroxylation is 1. The molecule has 0 saturated carbocycles. The van der Waals surface area contributed by atoms with Crippen LogP contribution < -0.4 is 28.9 Å². The van der Waals surface area contributed by atoms with Gasteiger partial charge in [0.25, 0.3) is 11.8 Å². The summed E-state index contributed by atoms with van der Waals surface area (Å²) in [7, 11) is 3.62. The van der Waals surface area contributed by atoms with Crippen molar-refractivity contribution in [3.63, 3.8) is 0 Å². The van der Waals surface area contributed by atoms with Gasteiger partial charge in [0.05, 0.1) is 54.9 Å². The summed E-state index contributed by atoms with van der Waals surface area (Å²) in [4.78, 5) is 55.2. The van der Waals surface area contributed by atoms with Crippen LogP contribution in [0, 0.1) is 12.8 Å². The van der Waals surface area contributed by atoms with E-state index in [0.717, 1.165) is 78.2 Å². The lowest BCUT2D eigenvalue weighted by Gasteiger charge is -2.23. The summed E-state index contributed by atoms with van der Waals surface area (Å²) >= 11 is 0. The predicted octanol–water partition coefficient (Wildman–Crippen LogP) is 8.65. The zero-order valence-corrected chi connectivity index (χ0v) is 34.0. The van der Waals surface area contributed by atoms with Crippen LogP contribution in [0.4, 0.5) is 28.4 Å². The average Bonchev–Trinajstić information content (AvgIpc) is 3.71. The fourth-order valence-corrected chi connectivity index (χ4v) is 8.33. The van der Waals surface area contributed by atoms with E-state index in [1.807, 2.05) is 92.5 Å². The molecular formula is C47H51N5O6. The molecule has 0 aliphatic carbocycles. The highest BCUT2D eigenvalue weighted by Gasteiger charge is 2.38. The van der Waals surface area contributed by atoms with Gasteiger partial charge in [-0.1, -0.05) is 32.0 Å². The van der Waals surface area contributed by atoms with Gasteiger partial charge in [-0.3, -0.25) is 34.2 Å². The van der Waals surface area contributed by atoms with Gasteiger partial charge in [-0.25, -0.2) is 0 Å². The van der Waals surface area contributed by atoms with Crippen molar-refractivity contribution in [1.29, 1.82) is 0 Å². The Bertz CT molecular complexity index is 2320. The van der Waals surface area contributed by atoms with Gasteiger partial charge >= 0.3 is 0 Å². The van der Waals surface area contributed by atoms with Gasteiger partial charge in [-0.15, -0.1) is 0 Å². The van der Waals surface area contributed by atoms with Gasteiger partial charge < -0.3 is 19.1 Å². The number of aliphatic imine (C=N–C) groups is 2. The van der Waals surface area contributed by atoms with Gasteiger partial charge in [-0.2, -0.15) is 0 Å². The van der Waals surface area contributed by atoms with Crippen molar-refractivity contribution in [2.45, 2.75) is 77.8 Å². The molecule has 0 unspecified atom stereocenters. The number of carbonyl (C=O) groups is 3. The summed E-state index contributed by atoms with van der Waals surface area (Å²) in [5.74, 6) is 1.97. The molecule has 2 atom stereocenters. The zero-order valence-electron chi connectivity index (χ0n) is 34.0. The molecule has 0 aromatic heterocycles. The third-order valence-corrected chi connectivity index (χ3v) is 11.6. The minimum absolute atomic E-state index is 0.0321. The molecule has 0 fully saturated rings. The van der Waals surface area contributed by atoms with Crippen molar-refractivity contribution < 1.29 is 28.6 Å². The predicted molar refractivity (Wildman–Crippen MR) is 229 cm³/mol. The highest BCUT2D eigenvalue weighted by molar-refractivity contribution is 6.15. The molecule has 4 aromatic rings. The number of ketones is 1. The second-order valence-corrected chi connectivity index (χ2v) is 16.0. The molecule has 8 rings (SSSR count). The molecule has 4 aromatic carbocycles. The number of ether oxygens (including phenoxy) is 3. The van der Waals surface area contributed by atoms with Crippen LogP contribution in [-0.2, 0) is 17.6 Å². The normalized spacial score (nSPS) is 17.2. The summed E-state index contributed by atoms with van der Waals surface area (Å²) < 4.78 is 18.1. The van der Waals surface area contributed by atoms with Crippen molar-refractivity contribution in [3.8, 4) is 17.2 Å². The lowest BCUT2D eigenvalue weighted by Crippen LogP contribution is -2.37. The lowest BCUT2D eigenvalue weighted by atomic mass is 10.0. The first-order chi connectivity index (χ1) is 28.1. The molecule has 11 heteroatoms. The molecule has 4 aliphatic heterocycles. The van der Waals surface area contributed by atoms with E-state index in [-0.39, 0.29) is 29.8 Å². The first-order valence-corrected chi connectivity index (χ1v) is 20.4. The number of hydrogen-bond donors (Lipinski definition) is 0. The molecule has 0 N–H and O–H groups in total. The van der Waals surface area contributed by atoms with E-state index in [1.54, 1.807) is 19.2 Å². The molecule has 58 heavy (non-hydrogen) atoms. The molecule has 11 nitrogen and oxygen atoms in total. The average molecular weight is 782 g/mol. The molecular weight excluding hydrogens is 731 g/mol. The summed E-state index contributed by atoms with van der Waals surface area (Å²) in [5, 5.41) is 0. The standard InChI is InChI=1S/C47H51N5O6/c1-29(2)42(53)14-11-17-50(4)33-15-16-41-32(22-33)23-35-28-49-39-26-45(44(56-5)24-37(39)47(55)52(35)41)58-19-10-6-9-18-57-43-25-38-36(20-30(43)3)46(54)51-34(27-48-38)21-31-12-7-8-13-40(31)51/h7-8,12-13,15-16,20,22,24-29,34-35H,6,9-11,14,17-19,21,23H2,1-5H3/t34-,35-/m0/s1. The van der Waals surface area contributed by atoms with Crippen LogP contribution in [-0.4, -0.2) is 76.0 Å². The Kier molecular flexibility index (Phi) is 11.0. The number of hydrogen-bond acceptors (Lipinski definition) is 9. The SMILES string of the molecule is COc1cc2c(cc1OCCCCCOc1cc3c(cc1C)C(=O)N1c4ccccc4C[C@H]1C=N3)N=C[C@@H]1Cc3cc(N(C)CCCC(=O)C(C)C)ccc3N1C2=O. The Hall–Kier alpha value is -5.97. The highest BCUT2D eigenvalue weighted by Crippen LogP contribution is 2.42. The minimum atomic E-state index is -0.197. The van der Waals surface area contributed by atoms with Crippen LogP contribution >= 0.6 is 0 Å². The fourth-order valence-electron chi connectivity index (χ4n) is 8.33. The second kappa shape index (κ2) is 16.5. The maximum absolute atomic E-state index is 14.1. The Morgan fingerprint density at radius 3 is 2.07 bits per heavy atom. The topological polar surface area (TPSA) is 113 Å². The lowest BCUT2D eigenvalue weighted by molar-refractivity contribution is -0.121. The maximum atomic E-state index is 14.1. The molecule has 0 bridgehead atoms. The number of methoxy groups -OCH3 is 1. The summed E-state index contributed by atoms with van der Waals surface area (Å²) in [6.07, 6.45) is 9.06. The largest absolute Gasteiger partial charge is 0.493 e. The van der Waals surface area contributed by atoms with Gasteiger partial charge in [0, 0.05) is 80.4 Å². The molecule has 4 heterocycles. The monoisotopic (exact) mass is 781 g/mol. The van der Waals surface area contributed by atoms with Gasteiger partial charge in [0.2, 0.25) is 0 Å². The molecule has 300 valence electrons. The van der Waals surface area contributed by atoms with E-state index in [9.17, 15) is 14.4 Å². The number of nitrogens with zero attached hydrogens (tertiary/aromatic N) is 5. The van der Waals surface area contributed by atoms with Gasteiger partial charge in [0.15, 0.2) is 11.5 Å². The van der Waals surface area contributed by atoms with Crippen LogP contribution in [0.15, 0.2) is 76.7 Å². The van der Waals surface area contributed by atoms with Crippen molar-refractivity contribution in [2.75, 3.05) is 48.6 Å². The first kappa shape index (κ1) is 38.9. The number of amides is 2. The van der Waals surface area contributed by atoms with Crippen molar-refractivity contribution in [2.24, 2.45) is 15.9 Å². The van der Waals surface area contributed by atoms with E-state index in [4.69, 9.17) is 24.2 Å². The number of rotatable bonds is 15. The van der Waals surface area contributed by atoms with Crippen molar-refractivity contribution >= 4 is 58.5 Å². The summed E-state index contributed by atoms with van der Waals surface area (Å²) in [6, 6.07) is 21.3. The highest BCUT2D eigenvalue weighted by atomic mass is 16.5.